The second kappa shape index (κ2) is 10.5. The Morgan fingerprint density at radius 3 is 2.44 bits per heavy atom. The van der Waals surface area contributed by atoms with E-state index in [1.807, 2.05) is 54.0 Å². The number of hydrogen-bond donors (Lipinski definition) is 2. The lowest BCUT2D eigenvalue weighted by molar-refractivity contribution is -0.137. The maximum Gasteiger partial charge on any atom is 0.416 e. The number of nitrogens with one attached hydrogen (secondary N) is 2. The molecule has 1 aliphatic heterocycles. The summed E-state index contributed by atoms with van der Waals surface area (Å²) in [6.07, 6.45) is 0.204. The Bertz CT molecular complexity index is 1200. The number of carbonyl (C=O) groups is 1. The van der Waals surface area contributed by atoms with Gasteiger partial charge in [-0.3, -0.25) is 9.78 Å². The Balaban J connectivity index is 1.59. The number of likely N-dealkylation sites (N-methyl/N-ethyl adjacent to an activating group) is 1. The van der Waals surface area contributed by atoms with Crippen molar-refractivity contribution in [1.82, 2.24) is 20.2 Å². The number of carbonyl (C=O) groups excluding carboxylic acids is 1. The van der Waals surface area contributed by atoms with Crippen LogP contribution < -0.4 is 15.5 Å². The Hall–Kier alpha value is -3.04. The van der Waals surface area contributed by atoms with E-state index < -0.39 is 17.2 Å². The van der Waals surface area contributed by atoms with Crippen LogP contribution >= 0.6 is 11.6 Å². The molecular weight excluding hydrogens is 491 g/mol. The maximum atomic E-state index is 13.5. The minimum atomic E-state index is -4.46. The predicted octanol–water partition coefficient (Wildman–Crippen LogP) is 4.63. The third-order valence-corrected chi connectivity index (χ3v) is 7.15. The summed E-state index contributed by atoms with van der Waals surface area (Å²) < 4.78 is 41.2. The van der Waals surface area contributed by atoms with Crippen LogP contribution in [0.2, 0.25) is 5.02 Å². The van der Waals surface area contributed by atoms with Crippen LogP contribution in [-0.2, 0) is 23.4 Å². The van der Waals surface area contributed by atoms with Gasteiger partial charge in [0.05, 0.1) is 33.1 Å². The highest BCUT2D eigenvalue weighted by Gasteiger charge is 2.43. The van der Waals surface area contributed by atoms with E-state index in [4.69, 9.17) is 11.6 Å². The van der Waals surface area contributed by atoms with Gasteiger partial charge in [-0.2, -0.15) is 13.2 Å². The Kier molecular flexibility index (Phi) is 7.61. The first-order valence-electron chi connectivity index (χ1n) is 11.8. The van der Waals surface area contributed by atoms with Crippen LogP contribution in [0, 0.1) is 0 Å². The molecule has 3 aromatic rings. The molecule has 2 aromatic heterocycles. The minimum Gasteiger partial charge on any atom is -0.370 e. The highest BCUT2D eigenvalue weighted by Crippen LogP contribution is 2.40. The molecule has 3 heterocycles. The monoisotopic (exact) mass is 519 g/mol. The number of piperidine rings is 1. The van der Waals surface area contributed by atoms with Crippen LogP contribution in [0.25, 0.3) is 11.4 Å². The van der Waals surface area contributed by atoms with Gasteiger partial charge in [0.2, 0.25) is 5.91 Å². The fourth-order valence-corrected chi connectivity index (χ4v) is 5.04. The number of rotatable bonds is 7. The number of nitrogens with zero attached hydrogens (tertiary/aromatic N) is 3. The van der Waals surface area contributed by atoms with Crippen molar-refractivity contribution in [2.75, 3.05) is 38.1 Å². The standard InChI is InChI=1S/C26H29ClF3N5O/c1-31-11-12-32-24(36)25(19-5-7-21(33-17-19)23-4-3-13-34(23)2)9-14-35(15-10-25)22-8-6-18(16-20(22)27)26(28,29)30/h3-8,13,16-17,31H,9-12,14-15H2,1-2H3,(H,32,36). The van der Waals surface area contributed by atoms with Gasteiger partial charge >= 0.3 is 6.18 Å². The van der Waals surface area contributed by atoms with E-state index >= 15 is 0 Å². The molecule has 6 nitrogen and oxygen atoms in total. The molecule has 1 aliphatic rings. The summed E-state index contributed by atoms with van der Waals surface area (Å²) in [4.78, 5) is 20.1. The molecule has 1 fully saturated rings. The lowest BCUT2D eigenvalue weighted by Gasteiger charge is -2.42. The molecule has 4 rings (SSSR count). The first kappa shape index (κ1) is 26.0. The molecule has 1 aromatic carbocycles. The molecule has 192 valence electrons. The van der Waals surface area contributed by atoms with Gasteiger partial charge in [-0.1, -0.05) is 17.7 Å². The van der Waals surface area contributed by atoms with Crippen molar-refractivity contribution < 1.29 is 18.0 Å². The molecular formula is C26H29ClF3N5O. The first-order valence-corrected chi connectivity index (χ1v) is 12.2. The molecule has 0 atom stereocenters. The Morgan fingerprint density at radius 2 is 1.89 bits per heavy atom. The highest BCUT2D eigenvalue weighted by atomic mass is 35.5. The topological polar surface area (TPSA) is 62.2 Å². The third-order valence-electron chi connectivity index (χ3n) is 6.85. The lowest BCUT2D eigenvalue weighted by atomic mass is 9.72. The van der Waals surface area contributed by atoms with Gasteiger partial charge in [0.15, 0.2) is 0 Å². The van der Waals surface area contributed by atoms with E-state index in [9.17, 15) is 18.0 Å². The minimum absolute atomic E-state index is 0.0457. The summed E-state index contributed by atoms with van der Waals surface area (Å²) in [6, 6.07) is 11.2. The molecule has 0 bridgehead atoms. The molecule has 0 unspecified atom stereocenters. The molecule has 1 amide bonds. The normalized spacial score (nSPS) is 15.7. The van der Waals surface area contributed by atoms with Crippen molar-refractivity contribution in [3.63, 3.8) is 0 Å². The summed E-state index contributed by atoms with van der Waals surface area (Å²) in [5.74, 6) is -0.0793. The van der Waals surface area contributed by atoms with Crippen molar-refractivity contribution in [2.24, 2.45) is 7.05 Å². The molecule has 1 saturated heterocycles. The number of aryl methyl sites for hydroxylation is 1. The molecule has 36 heavy (non-hydrogen) atoms. The van der Waals surface area contributed by atoms with E-state index in [1.165, 1.54) is 6.07 Å². The van der Waals surface area contributed by atoms with E-state index in [1.54, 1.807) is 6.20 Å². The van der Waals surface area contributed by atoms with Crippen LogP contribution in [0.15, 0.2) is 54.9 Å². The van der Waals surface area contributed by atoms with Gasteiger partial charge in [0, 0.05) is 45.6 Å². The molecule has 2 N–H and O–H groups in total. The third kappa shape index (κ3) is 5.22. The average molecular weight is 520 g/mol. The quantitative estimate of drug-likeness (QED) is 0.447. The number of anilines is 1. The van der Waals surface area contributed by atoms with Crippen molar-refractivity contribution in [2.45, 2.75) is 24.4 Å². The van der Waals surface area contributed by atoms with Crippen LogP contribution in [-0.4, -0.2) is 48.7 Å². The number of alkyl halides is 3. The Morgan fingerprint density at radius 1 is 1.14 bits per heavy atom. The van der Waals surface area contributed by atoms with Gasteiger partial charge in [0.1, 0.15) is 0 Å². The maximum absolute atomic E-state index is 13.5. The molecule has 0 radical (unpaired) electrons. The van der Waals surface area contributed by atoms with Gasteiger partial charge in [-0.05, 0) is 61.9 Å². The van der Waals surface area contributed by atoms with Crippen LogP contribution in [0.3, 0.4) is 0 Å². The van der Waals surface area contributed by atoms with Gasteiger partial charge in [-0.15, -0.1) is 0 Å². The number of amides is 1. The molecule has 10 heteroatoms. The second-order valence-electron chi connectivity index (χ2n) is 9.03. The SMILES string of the molecule is CNCCNC(=O)C1(c2ccc(-c3cccn3C)nc2)CCN(c2ccc(C(F)(F)F)cc2Cl)CC1. The molecule has 0 spiro atoms. The van der Waals surface area contributed by atoms with Gasteiger partial charge in [0.25, 0.3) is 0 Å². The number of pyridine rings is 1. The molecule has 0 aliphatic carbocycles. The van der Waals surface area contributed by atoms with Crippen LogP contribution in [0.5, 0.6) is 0 Å². The van der Waals surface area contributed by atoms with Crippen LogP contribution in [0.1, 0.15) is 24.0 Å². The van der Waals surface area contributed by atoms with Crippen molar-refractivity contribution in [3.05, 3.63) is 71.0 Å². The van der Waals surface area contributed by atoms with Gasteiger partial charge in [-0.25, -0.2) is 0 Å². The smallest absolute Gasteiger partial charge is 0.370 e. The van der Waals surface area contributed by atoms with E-state index in [0.717, 1.165) is 29.1 Å². The number of aromatic nitrogens is 2. The summed E-state index contributed by atoms with van der Waals surface area (Å²) in [7, 11) is 3.77. The summed E-state index contributed by atoms with van der Waals surface area (Å²) in [6.45, 7) is 2.05. The van der Waals surface area contributed by atoms with Crippen molar-refractivity contribution in [1.29, 1.82) is 0 Å². The van der Waals surface area contributed by atoms with E-state index in [-0.39, 0.29) is 10.9 Å². The average Bonchev–Trinajstić information content (AvgIpc) is 3.29. The first-order chi connectivity index (χ1) is 17.2. The molecule has 0 saturated carbocycles. The van der Waals surface area contributed by atoms with Crippen LogP contribution in [0.4, 0.5) is 18.9 Å². The largest absolute Gasteiger partial charge is 0.416 e. The lowest BCUT2D eigenvalue weighted by Crippen LogP contribution is -2.52. The fourth-order valence-electron chi connectivity index (χ4n) is 4.74. The van der Waals surface area contributed by atoms with Gasteiger partial charge < -0.3 is 20.1 Å². The van der Waals surface area contributed by atoms with Crippen molar-refractivity contribution >= 4 is 23.2 Å². The predicted molar refractivity (Wildman–Crippen MR) is 135 cm³/mol. The van der Waals surface area contributed by atoms with E-state index in [0.29, 0.717) is 44.7 Å². The number of hydrogen-bond acceptors (Lipinski definition) is 4. The Labute approximate surface area is 213 Å². The number of benzene rings is 1. The van der Waals surface area contributed by atoms with Crippen molar-refractivity contribution in [3.8, 4) is 11.4 Å². The summed E-state index contributed by atoms with van der Waals surface area (Å²) in [5.41, 5.74) is 1.55. The summed E-state index contributed by atoms with van der Waals surface area (Å²) >= 11 is 6.24. The second-order valence-corrected chi connectivity index (χ2v) is 9.44. The highest BCUT2D eigenvalue weighted by molar-refractivity contribution is 6.33. The summed E-state index contributed by atoms with van der Waals surface area (Å²) in [5, 5.41) is 6.10. The zero-order valence-electron chi connectivity index (χ0n) is 20.2. The zero-order valence-corrected chi connectivity index (χ0v) is 21.0. The zero-order chi connectivity index (χ0) is 25.9. The fraction of sp³-hybridized carbons (Fsp3) is 0.385. The number of halogens is 4. The van der Waals surface area contributed by atoms with E-state index in [2.05, 4.69) is 15.6 Å².